The molecule has 4 rings (SSSR count). The number of hydrogen-bond acceptors (Lipinski definition) is 4. The molecule has 1 aliphatic rings. The number of aliphatic carboxylic acids is 1. The predicted molar refractivity (Wildman–Crippen MR) is 126 cm³/mol. The van der Waals surface area contributed by atoms with E-state index >= 15 is 0 Å². The fraction of sp³-hybridized carbons (Fsp3) is 0.269. The van der Waals surface area contributed by atoms with Crippen LogP contribution in [0.1, 0.15) is 28.2 Å². The van der Waals surface area contributed by atoms with Crippen LogP contribution in [-0.2, 0) is 24.1 Å². The van der Waals surface area contributed by atoms with Crippen molar-refractivity contribution >= 4 is 17.3 Å². The van der Waals surface area contributed by atoms with E-state index in [4.69, 9.17) is 4.74 Å². The van der Waals surface area contributed by atoms with Crippen LogP contribution in [0, 0.1) is 5.92 Å². The summed E-state index contributed by atoms with van der Waals surface area (Å²) in [5.74, 6) is -0.576. The molecule has 0 fully saturated rings. The Morgan fingerprint density at radius 3 is 2.53 bits per heavy atom. The zero-order chi connectivity index (χ0) is 24.1. The summed E-state index contributed by atoms with van der Waals surface area (Å²) in [7, 11) is 0. The van der Waals surface area contributed by atoms with Crippen LogP contribution in [0.25, 0.3) is 11.1 Å². The molecular weight excluding hydrogens is 463 g/mol. The van der Waals surface area contributed by atoms with E-state index in [2.05, 4.69) is 5.32 Å². The molecule has 34 heavy (non-hydrogen) atoms. The fourth-order valence-electron chi connectivity index (χ4n) is 3.90. The van der Waals surface area contributed by atoms with Gasteiger partial charge in [0.2, 0.25) is 0 Å². The lowest BCUT2D eigenvalue weighted by molar-refractivity contribution is -0.142. The fourth-order valence-corrected chi connectivity index (χ4v) is 4.86. The highest BCUT2D eigenvalue weighted by molar-refractivity contribution is 7.12. The molecule has 0 spiro atoms. The number of nitrogens with one attached hydrogen (secondary N) is 1. The van der Waals surface area contributed by atoms with Crippen molar-refractivity contribution < 1.29 is 27.8 Å². The topological polar surface area (TPSA) is 58.6 Å². The summed E-state index contributed by atoms with van der Waals surface area (Å²) in [6, 6.07) is 17.4. The van der Waals surface area contributed by atoms with E-state index in [-0.39, 0.29) is 24.1 Å². The number of halogens is 3. The van der Waals surface area contributed by atoms with Gasteiger partial charge in [-0.05, 0) is 42.2 Å². The third-order valence-electron chi connectivity index (χ3n) is 5.67. The number of benzene rings is 2. The molecule has 0 aliphatic heterocycles. The highest BCUT2D eigenvalue weighted by atomic mass is 32.1. The Morgan fingerprint density at radius 2 is 1.85 bits per heavy atom. The minimum absolute atomic E-state index is 0.00578. The summed E-state index contributed by atoms with van der Waals surface area (Å²) in [6.07, 6.45) is 0.576. The molecule has 8 heteroatoms. The molecule has 0 radical (unpaired) electrons. The summed E-state index contributed by atoms with van der Waals surface area (Å²) < 4.78 is 46.4. The van der Waals surface area contributed by atoms with Crippen LogP contribution in [0.4, 0.5) is 13.2 Å². The largest absolute Gasteiger partial charge is 0.488 e. The molecule has 1 aliphatic carbocycles. The minimum Gasteiger partial charge on any atom is -0.488 e. The number of alkyl halides is 3. The molecule has 0 bridgehead atoms. The second-order valence-electron chi connectivity index (χ2n) is 8.17. The molecular formula is C26H24F3NO3S. The van der Waals surface area contributed by atoms with E-state index in [0.29, 0.717) is 46.9 Å². The van der Waals surface area contributed by atoms with Crippen molar-refractivity contribution in [2.24, 2.45) is 5.92 Å². The van der Waals surface area contributed by atoms with E-state index < -0.39 is 17.0 Å². The molecule has 2 N–H and O–H groups in total. The summed E-state index contributed by atoms with van der Waals surface area (Å²) in [5.41, 5.74) is 1.69. The lowest BCUT2D eigenvalue weighted by Gasteiger charge is -2.23. The zero-order valence-corrected chi connectivity index (χ0v) is 19.0. The van der Waals surface area contributed by atoms with Gasteiger partial charge < -0.3 is 15.2 Å². The normalized spacial score (nSPS) is 18.1. The van der Waals surface area contributed by atoms with Gasteiger partial charge in [-0.15, -0.1) is 11.3 Å². The maximum atomic E-state index is 13.6. The monoisotopic (exact) mass is 487 g/mol. The van der Waals surface area contributed by atoms with Crippen molar-refractivity contribution in [3.63, 3.8) is 0 Å². The Bertz CT molecular complexity index is 1140. The van der Waals surface area contributed by atoms with Crippen LogP contribution in [0.15, 0.2) is 72.8 Å². The smallest absolute Gasteiger partial charge is 0.426 e. The minimum atomic E-state index is -4.43. The van der Waals surface area contributed by atoms with Crippen molar-refractivity contribution in [1.29, 1.82) is 0 Å². The molecule has 1 aromatic heterocycles. The highest BCUT2D eigenvalue weighted by Crippen LogP contribution is 2.43. The Morgan fingerprint density at radius 1 is 1.12 bits per heavy atom. The van der Waals surface area contributed by atoms with Gasteiger partial charge in [-0.3, -0.25) is 4.79 Å². The van der Waals surface area contributed by atoms with Gasteiger partial charge in [-0.25, -0.2) is 0 Å². The molecule has 4 nitrogen and oxygen atoms in total. The summed E-state index contributed by atoms with van der Waals surface area (Å²) in [5, 5.41) is 12.5. The molecule has 0 amide bonds. The maximum Gasteiger partial charge on any atom is 0.426 e. The molecule has 1 heterocycles. The van der Waals surface area contributed by atoms with Crippen molar-refractivity contribution in [2.75, 3.05) is 0 Å². The Balaban J connectivity index is 1.35. The van der Waals surface area contributed by atoms with E-state index in [0.717, 1.165) is 5.56 Å². The molecule has 2 aromatic carbocycles. The molecule has 2 atom stereocenters. The Labute approximate surface area is 199 Å². The van der Waals surface area contributed by atoms with Crippen molar-refractivity contribution in [3.8, 4) is 16.9 Å². The van der Waals surface area contributed by atoms with Crippen molar-refractivity contribution in [1.82, 2.24) is 5.32 Å². The molecule has 0 saturated heterocycles. The van der Waals surface area contributed by atoms with Crippen LogP contribution in [-0.4, -0.2) is 17.1 Å². The average Bonchev–Trinajstić information content (AvgIpc) is 3.28. The van der Waals surface area contributed by atoms with Crippen LogP contribution in [0.5, 0.6) is 5.75 Å². The standard InChI is InChI=1S/C26H24F3NO3S/c27-26(28,29)24-23(18-5-2-1-3-6-18)14-22(34-24)16-33-21-11-9-17(10-12-21)15-30-20-8-4-7-19(13-20)25(31)32/h1-6,8-12,14,19-20,30H,7,13,15-16H2,(H,31,32)/t19-,20?/m1/s1. The molecule has 0 saturated carbocycles. The quantitative estimate of drug-likeness (QED) is 0.355. The van der Waals surface area contributed by atoms with E-state index in [1.165, 1.54) is 0 Å². The van der Waals surface area contributed by atoms with Crippen LogP contribution < -0.4 is 10.1 Å². The second-order valence-corrected chi connectivity index (χ2v) is 9.31. The molecule has 1 unspecified atom stereocenters. The number of hydrogen-bond donors (Lipinski definition) is 2. The summed E-state index contributed by atoms with van der Waals surface area (Å²) in [6.45, 7) is 0.615. The van der Waals surface area contributed by atoms with Gasteiger partial charge in [0.05, 0.1) is 5.92 Å². The van der Waals surface area contributed by atoms with Gasteiger partial charge >= 0.3 is 12.1 Å². The predicted octanol–water partition coefficient (Wildman–Crippen LogP) is 6.52. The van der Waals surface area contributed by atoms with Gasteiger partial charge in [0.25, 0.3) is 0 Å². The zero-order valence-electron chi connectivity index (χ0n) is 18.2. The third kappa shape index (κ3) is 6.07. The SMILES string of the molecule is O=C(O)[C@@H]1CC=CC(NCc2ccc(OCc3cc(-c4ccccc4)c(C(F)(F)F)s3)cc2)C1. The van der Waals surface area contributed by atoms with Crippen molar-refractivity contribution in [2.45, 2.75) is 38.2 Å². The highest BCUT2D eigenvalue weighted by Gasteiger charge is 2.36. The van der Waals surface area contributed by atoms with Gasteiger partial charge in [0.15, 0.2) is 0 Å². The van der Waals surface area contributed by atoms with Crippen LogP contribution in [0.3, 0.4) is 0 Å². The lowest BCUT2D eigenvalue weighted by atomic mass is 9.91. The third-order valence-corrected chi connectivity index (χ3v) is 6.83. The van der Waals surface area contributed by atoms with Gasteiger partial charge in [-0.2, -0.15) is 13.2 Å². The van der Waals surface area contributed by atoms with E-state index in [1.807, 2.05) is 24.3 Å². The van der Waals surface area contributed by atoms with Crippen LogP contribution >= 0.6 is 11.3 Å². The van der Waals surface area contributed by atoms with Gasteiger partial charge in [-0.1, -0.05) is 54.6 Å². The first-order chi connectivity index (χ1) is 16.3. The first-order valence-electron chi connectivity index (χ1n) is 10.9. The number of carboxylic acid groups (broad SMARTS) is 1. The number of carboxylic acids is 1. The number of thiophene rings is 1. The molecule has 178 valence electrons. The number of carbonyl (C=O) groups is 1. The van der Waals surface area contributed by atoms with E-state index in [1.54, 1.807) is 48.5 Å². The maximum absolute atomic E-state index is 13.6. The average molecular weight is 488 g/mol. The Kier molecular flexibility index (Phi) is 7.38. The summed E-state index contributed by atoms with van der Waals surface area (Å²) >= 11 is 0.702. The summed E-state index contributed by atoms with van der Waals surface area (Å²) in [4.78, 5) is 11.1. The van der Waals surface area contributed by atoms with Crippen molar-refractivity contribution in [3.05, 3.63) is 88.1 Å². The second kappa shape index (κ2) is 10.4. The molecule has 3 aromatic rings. The van der Waals surface area contributed by atoms with E-state index in [9.17, 15) is 23.1 Å². The van der Waals surface area contributed by atoms with Gasteiger partial charge in [0.1, 0.15) is 17.2 Å². The first kappa shape index (κ1) is 24.0. The van der Waals surface area contributed by atoms with Crippen LogP contribution in [0.2, 0.25) is 0 Å². The Hall–Kier alpha value is -3.10. The number of allylic oxidation sites excluding steroid dienone is 1. The number of ether oxygens (including phenoxy) is 1. The first-order valence-corrected chi connectivity index (χ1v) is 11.7. The lowest BCUT2D eigenvalue weighted by Crippen LogP contribution is -2.33. The number of rotatable bonds is 8. The van der Waals surface area contributed by atoms with Gasteiger partial charge in [0, 0.05) is 23.0 Å².